The summed E-state index contributed by atoms with van der Waals surface area (Å²) in [4.78, 5) is 10.8. The molecule has 1 atom stereocenters. The van der Waals surface area contributed by atoms with Crippen LogP contribution >= 0.6 is 0 Å². The van der Waals surface area contributed by atoms with Crippen molar-refractivity contribution in [2.24, 2.45) is 0 Å². The van der Waals surface area contributed by atoms with E-state index in [0.29, 0.717) is 17.5 Å². The number of carbonyl (C=O) groups is 1. The Morgan fingerprint density at radius 1 is 1.57 bits per heavy atom. The number of hydrogen-bond donors (Lipinski definition) is 1. The fourth-order valence-electron chi connectivity index (χ4n) is 1.38. The molecule has 76 valence electrons. The van der Waals surface area contributed by atoms with Crippen molar-refractivity contribution in [2.75, 3.05) is 0 Å². The first-order chi connectivity index (χ1) is 6.56. The number of carboxylic acids is 1. The van der Waals surface area contributed by atoms with Crippen LogP contribution in [-0.4, -0.2) is 11.1 Å². The summed E-state index contributed by atoms with van der Waals surface area (Å²) in [5, 5.41) is 8.86. The highest BCUT2D eigenvalue weighted by Crippen LogP contribution is 2.21. The summed E-state index contributed by atoms with van der Waals surface area (Å²) >= 11 is 0. The molecular weight excluding hydrogens is 183 g/mol. The molecule has 0 aliphatic heterocycles. The van der Waals surface area contributed by atoms with Gasteiger partial charge in [0, 0.05) is 0 Å². The van der Waals surface area contributed by atoms with Crippen molar-refractivity contribution in [2.45, 2.75) is 26.2 Å². The third kappa shape index (κ3) is 2.10. The first kappa shape index (κ1) is 10.7. The van der Waals surface area contributed by atoms with Gasteiger partial charge in [-0.3, -0.25) is 4.79 Å². The van der Waals surface area contributed by atoms with Gasteiger partial charge in [0.1, 0.15) is 5.82 Å². The van der Waals surface area contributed by atoms with Gasteiger partial charge >= 0.3 is 5.97 Å². The van der Waals surface area contributed by atoms with E-state index in [9.17, 15) is 9.18 Å². The molecule has 0 saturated heterocycles. The third-order valence-corrected chi connectivity index (χ3v) is 2.30. The van der Waals surface area contributed by atoms with Crippen LogP contribution in [0.2, 0.25) is 0 Å². The maximum absolute atomic E-state index is 13.1. The molecule has 1 unspecified atom stereocenters. The van der Waals surface area contributed by atoms with Gasteiger partial charge in [-0.15, -0.1) is 0 Å². The molecule has 0 amide bonds. The van der Waals surface area contributed by atoms with Crippen LogP contribution < -0.4 is 0 Å². The van der Waals surface area contributed by atoms with Gasteiger partial charge in [0.25, 0.3) is 0 Å². The lowest BCUT2D eigenvalue weighted by Crippen LogP contribution is -2.10. The van der Waals surface area contributed by atoms with Crippen LogP contribution in [-0.2, 0) is 4.79 Å². The topological polar surface area (TPSA) is 37.3 Å². The first-order valence-electron chi connectivity index (χ1n) is 4.55. The lowest BCUT2D eigenvalue weighted by atomic mass is 9.96. The van der Waals surface area contributed by atoms with Gasteiger partial charge in [0.15, 0.2) is 0 Å². The van der Waals surface area contributed by atoms with Crippen LogP contribution in [0.5, 0.6) is 0 Å². The lowest BCUT2D eigenvalue weighted by Gasteiger charge is -2.10. The molecule has 1 N–H and O–H groups in total. The zero-order valence-corrected chi connectivity index (χ0v) is 8.25. The summed E-state index contributed by atoms with van der Waals surface area (Å²) in [6.07, 6.45) is 0.470. The SMILES string of the molecule is CCC(C(=O)O)c1ccc(C)c(F)c1. The Morgan fingerprint density at radius 3 is 2.64 bits per heavy atom. The second kappa shape index (κ2) is 4.22. The van der Waals surface area contributed by atoms with E-state index in [4.69, 9.17) is 5.11 Å². The van der Waals surface area contributed by atoms with Crippen LogP contribution in [0.15, 0.2) is 18.2 Å². The summed E-state index contributed by atoms with van der Waals surface area (Å²) in [5.41, 5.74) is 1.07. The Labute approximate surface area is 82.4 Å². The number of carboxylic acid groups (broad SMARTS) is 1. The molecule has 0 fully saturated rings. The number of benzene rings is 1. The van der Waals surface area contributed by atoms with E-state index in [1.54, 1.807) is 26.0 Å². The highest BCUT2D eigenvalue weighted by atomic mass is 19.1. The van der Waals surface area contributed by atoms with Gasteiger partial charge in [-0.05, 0) is 30.5 Å². The average molecular weight is 196 g/mol. The van der Waals surface area contributed by atoms with E-state index < -0.39 is 11.9 Å². The van der Waals surface area contributed by atoms with E-state index in [1.165, 1.54) is 6.07 Å². The number of hydrogen-bond acceptors (Lipinski definition) is 1. The van der Waals surface area contributed by atoms with Crippen LogP contribution in [0, 0.1) is 12.7 Å². The summed E-state index contributed by atoms with van der Waals surface area (Å²) in [7, 11) is 0. The zero-order valence-electron chi connectivity index (χ0n) is 8.25. The molecule has 3 heteroatoms. The highest BCUT2D eigenvalue weighted by Gasteiger charge is 2.18. The summed E-state index contributed by atoms with van der Waals surface area (Å²) in [5.74, 6) is -1.86. The zero-order chi connectivity index (χ0) is 10.7. The lowest BCUT2D eigenvalue weighted by molar-refractivity contribution is -0.138. The Bertz CT molecular complexity index is 347. The van der Waals surface area contributed by atoms with Crippen molar-refractivity contribution < 1.29 is 14.3 Å². The number of rotatable bonds is 3. The van der Waals surface area contributed by atoms with Gasteiger partial charge < -0.3 is 5.11 Å². The maximum Gasteiger partial charge on any atom is 0.310 e. The number of halogens is 1. The molecule has 0 aliphatic carbocycles. The van der Waals surface area contributed by atoms with E-state index in [2.05, 4.69) is 0 Å². The molecule has 0 bridgehead atoms. The molecule has 0 aliphatic rings. The normalized spacial score (nSPS) is 12.5. The van der Waals surface area contributed by atoms with E-state index in [-0.39, 0.29) is 5.82 Å². The fourth-order valence-corrected chi connectivity index (χ4v) is 1.38. The van der Waals surface area contributed by atoms with Gasteiger partial charge in [-0.2, -0.15) is 0 Å². The Balaban J connectivity index is 3.06. The highest BCUT2D eigenvalue weighted by molar-refractivity contribution is 5.75. The quantitative estimate of drug-likeness (QED) is 0.807. The van der Waals surface area contributed by atoms with Gasteiger partial charge in [0.2, 0.25) is 0 Å². The van der Waals surface area contributed by atoms with E-state index >= 15 is 0 Å². The Kier molecular flexibility index (Phi) is 3.23. The standard InChI is InChI=1S/C11H13FO2/c1-3-9(11(13)14)8-5-4-7(2)10(12)6-8/h4-6,9H,3H2,1-2H3,(H,13,14). The largest absolute Gasteiger partial charge is 0.481 e. The molecule has 0 radical (unpaired) electrons. The van der Waals surface area contributed by atoms with Crippen LogP contribution in [0.25, 0.3) is 0 Å². The van der Waals surface area contributed by atoms with E-state index in [0.717, 1.165) is 0 Å². The fraction of sp³-hybridized carbons (Fsp3) is 0.364. The number of aryl methyl sites for hydroxylation is 1. The monoisotopic (exact) mass is 196 g/mol. The van der Waals surface area contributed by atoms with Gasteiger partial charge in [-0.1, -0.05) is 19.1 Å². The van der Waals surface area contributed by atoms with Crippen molar-refractivity contribution >= 4 is 5.97 Å². The van der Waals surface area contributed by atoms with Crippen molar-refractivity contribution in [3.63, 3.8) is 0 Å². The van der Waals surface area contributed by atoms with Crippen LogP contribution in [0.1, 0.15) is 30.4 Å². The average Bonchev–Trinajstić information content (AvgIpc) is 2.11. The third-order valence-electron chi connectivity index (χ3n) is 2.30. The van der Waals surface area contributed by atoms with E-state index in [1.807, 2.05) is 0 Å². The molecule has 1 aromatic carbocycles. The predicted molar refractivity (Wildman–Crippen MR) is 51.8 cm³/mol. The maximum atomic E-state index is 13.1. The van der Waals surface area contributed by atoms with Crippen molar-refractivity contribution in [1.82, 2.24) is 0 Å². The minimum atomic E-state index is -0.907. The smallest absolute Gasteiger partial charge is 0.310 e. The molecule has 0 spiro atoms. The summed E-state index contributed by atoms with van der Waals surface area (Å²) < 4.78 is 13.1. The predicted octanol–water partition coefficient (Wildman–Crippen LogP) is 2.71. The van der Waals surface area contributed by atoms with Crippen molar-refractivity contribution in [1.29, 1.82) is 0 Å². The van der Waals surface area contributed by atoms with Crippen molar-refractivity contribution in [3.05, 3.63) is 35.1 Å². The molecule has 0 saturated carbocycles. The molecule has 0 aromatic heterocycles. The molecule has 1 aromatic rings. The second-order valence-corrected chi connectivity index (χ2v) is 3.31. The molecular formula is C11H13FO2. The summed E-state index contributed by atoms with van der Waals surface area (Å²) in [6, 6.07) is 4.58. The summed E-state index contributed by atoms with van der Waals surface area (Å²) in [6.45, 7) is 3.43. The van der Waals surface area contributed by atoms with Crippen molar-refractivity contribution in [3.8, 4) is 0 Å². The minimum absolute atomic E-state index is 0.345. The molecule has 2 nitrogen and oxygen atoms in total. The van der Waals surface area contributed by atoms with Crippen LogP contribution in [0.4, 0.5) is 4.39 Å². The second-order valence-electron chi connectivity index (χ2n) is 3.31. The minimum Gasteiger partial charge on any atom is -0.481 e. The van der Waals surface area contributed by atoms with Gasteiger partial charge in [0.05, 0.1) is 5.92 Å². The number of aliphatic carboxylic acids is 1. The first-order valence-corrected chi connectivity index (χ1v) is 4.55. The molecule has 1 rings (SSSR count). The van der Waals surface area contributed by atoms with Gasteiger partial charge in [-0.25, -0.2) is 4.39 Å². The molecule has 14 heavy (non-hydrogen) atoms. The van der Waals surface area contributed by atoms with Crippen LogP contribution in [0.3, 0.4) is 0 Å². The Hall–Kier alpha value is -1.38. The Morgan fingerprint density at radius 2 is 2.21 bits per heavy atom. The molecule has 0 heterocycles.